The van der Waals surface area contributed by atoms with Crippen LogP contribution in [-0.2, 0) is 0 Å². The van der Waals surface area contributed by atoms with E-state index in [4.69, 9.17) is 0 Å². The summed E-state index contributed by atoms with van der Waals surface area (Å²) in [5, 5.41) is 6.54. The van der Waals surface area contributed by atoms with Crippen LogP contribution in [0.2, 0.25) is 0 Å². The summed E-state index contributed by atoms with van der Waals surface area (Å²) in [5.74, 6) is 0. The second kappa shape index (κ2) is 5.80. The minimum Gasteiger partial charge on any atom is -0.376 e. The van der Waals surface area contributed by atoms with Gasteiger partial charge in [-0.2, -0.15) is 0 Å². The number of para-hydroxylation sites is 1. The van der Waals surface area contributed by atoms with Crippen LogP contribution < -0.4 is 5.32 Å². The Morgan fingerprint density at radius 3 is 2.68 bits per heavy atom. The van der Waals surface area contributed by atoms with E-state index in [0.29, 0.717) is 11.3 Å². The number of hydrogen-bond acceptors (Lipinski definition) is 3. The monoisotopic (exact) mass is 417 g/mol. The van der Waals surface area contributed by atoms with Crippen LogP contribution in [0.15, 0.2) is 42.8 Å². The predicted octanol–water partition coefficient (Wildman–Crippen LogP) is 6.31. The zero-order valence-corrected chi connectivity index (χ0v) is 15.1. The van der Waals surface area contributed by atoms with Crippen molar-refractivity contribution < 1.29 is 0 Å². The molecule has 1 unspecified atom stereocenters. The Balaban J connectivity index is 1.92. The highest BCUT2D eigenvalue weighted by atomic mass is 79.9. The van der Waals surface area contributed by atoms with Gasteiger partial charge in [0.15, 0.2) is 0 Å². The number of benzene rings is 1. The summed E-state index contributed by atoms with van der Waals surface area (Å²) in [6.07, 6.45) is 1.15. The Morgan fingerprint density at radius 2 is 1.95 bits per heavy atom. The maximum absolute atomic E-state index is 3.69. The van der Waals surface area contributed by atoms with Gasteiger partial charge < -0.3 is 5.32 Å². The normalized spacial score (nSPS) is 22.1. The SMILES string of the molecule is C[C@H]1CC(Nc2c(Br)cccc2Br)c2ccsc2S1. The summed E-state index contributed by atoms with van der Waals surface area (Å²) in [7, 11) is 0. The van der Waals surface area contributed by atoms with Gasteiger partial charge in [0.2, 0.25) is 0 Å². The maximum Gasteiger partial charge on any atom is 0.0653 e. The standard InChI is InChI=1S/C14H13Br2NS2/c1-8-7-12(9-5-6-18-14(9)19-8)17-13-10(15)3-2-4-11(13)16/h2-6,8,12,17H,7H2,1H3/t8-,12?/m0/s1. The van der Waals surface area contributed by atoms with Gasteiger partial charge in [-0.3, -0.25) is 0 Å². The van der Waals surface area contributed by atoms with E-state index < -0.39 is 0 Å². The molecule has 1 aliphatic rings. The van der Waals surface area contributed by atoms with Gasteiger partial charge >= 0.3 is 0 Å². The largest absolute Gasteiger partial charge is 0.376 e. The van der Waals surface area contributed by atoms with Crippen LogP contribution in [0.1, 0.15) is 24.9 Å². The molecule has 0 saturated heterocycles. The third kappa shape index (κ3) is 2.89. The zero-order valence-electron chi connectivity index (χ0n) is 10.3. The first-order chi connectivity index (χ1) is 9.15. The third-order valence-electron chi connectivity index (χ3n) is 3.19. The van der Waals surface area contributed by atoms with Gasteiger partial charge in [-0.05, 0) is 67.4 Å². The molecule has 0 bridgehead atoms. The molecule has 1 N–H and O–H groups in total. The average molecular weight is 419 g/mol. The molecule has 0 saturated carbocycles. The van der Waals surface area contributed by atoms with E-state index in [-0.39, 0.29) is 0 Å². The number of fused-ring (bicyclic) bond motifs is 1. The average Bonchev–Trinajstić information content (AvgIpc) is 2.81. The molecule has 0 fully saturated rings. The van der Waals surface area contributed by atoms with Crippen LogP contribution in [0.4, 0.5) is 5.69 Å². The summed E-state index contributed by atoms with van der Waals surface area (Å²) in [4.78, 5) is 0. The molecule has 2 atom stereocenters. The third-order valence-corrected chi connectivity index (χ3v) is 6.86. The van der Waals surface area contributed by atoms with E-state index in [0.717, 1.165) is 21.1 Å². The van der Waals surface area contributed by atoms with Gasteiger partial charge in [0.1, 0.15) is 0 Å². The van der Waals surface area contributed by atoms with Gasteiger partial charge in [0.05, 0.1) is 15.9 Å². The van der Waals surface area contributed by atoms with Gasteiger partial charge in [-0.25, -0.2) is 0 Å². The second-order valence-corrected chi connectivity index (χ2v) is 8.95. The fourth-order valence-electron chi connectivity index (χ4n) is 2.30. The molecular formula is C14H13Br2NS2. The summed E-state index contributed by atoms with van der Waals surface area (Å²) in [5.41, 5.74) is 2.58. The van der Waals surface area contributed by atoms with E-state index >= 15 is 0 Å². The number of halogens is 2. The van der Waals surface area contributed by atoms with Crippen LogP contribution in [0.3, 0.4) is 0 Å². The van der Waals surface area contributed by atoms with E-state index in [1.165, 1.54) is 9.77 Å². The Bertz CT molecular complexity index is 577. The van der Waals surface area contributed by atoms with Crippen LogP contribution >= 0.6 is 55.0 Å². The van der Waals surface area contributed by atoms with Crippen LogP contribution in [0.5, 0.6) is 0 Å². The molecule has 19 heavy (non-hydrogen) atoms. The van der Waals surface area contributed by atoms with Crippen LogP contribution in [0.25, 0.3) is 0 Å². The summed E-state index contributed by atoms with van der Waals surface area (Å²) in [6.45, 7) is 2.30. The van der Waals surface area contributed by atoms with Crippen molar-refractivity contribution in [1.82, 2.24) is 0 Å². The number of nitrogens with one attached hydrogen (secondary N) is 1. The van der Waals surface area contributed by atoms with Crippen molar-refractivity contribution in [2.75, 3.05) is 5.32 Å². The van der Waals surface area contributed by atoms with Gasteiger partial charge in [-0.1, -0.05) is 13.0 Å². The number of hydrogen-bond donors (Lipinski definition) is 1. The number of rotatable bonds is 2. The Hall–Kier alpha value is 0.0300. The lowest BCUT2D eigenvalue weighted by Gasteiger charge is -2.29. The zero-order chi connectivity index (χ0) is 13.4. The highest BCUT2D eigenvalue weighted by molar-refractivity contribution is 9.11. The van der Waals surface area contributed by atoms with Crippen molar-refractivity contribution in [3.8, 4) is 0 Å². The lowest BCUT2D eigenvalue weighted by atomic mass is 10.0. The molecule has 0 radical (unpaired) electrons. The first-order valence-corrected chi connectivity index (χ1v) is 9.44. The molecule has 5 heteroatoms. The summed E-state index contributed by atoms with van der Waals surface area (Å²) in [6, 6.07) is 8.83. The Kier molecular flexibility index (Phi) is 4.27. The lowest BCUT2D eigenvalue weighted by Crippen LogP contribution is -2.19. The highest BCUT2D eigenvalue weighted by Gasteiger charge is 2.26. The molecule has 0 spiro atoms. The minimum atomic E-state index is 0.396. The van der Waals surface area contributed by atoms with E-state index in [1.54, 1.807) is 0 Å². The summed E-state index contributed by atoms with van der Waals surface area (Å²) < 4.78 is 3.66. The molecule has 0 aliphatic carbocycles. The smallest absolute Gasteiger partial charge is 0.0653 e. The van der Waals surface area contributed by atoms with Crippen LogP contribution in [0, 0.1) is 0 Å². The highest BCUT2D eigenvalue weighted by Crippen LogP contribution is 2.46. The molecule has 2 heterocycles. The Labute approximate surface area is 138 Å². The number of anilines is 1. The molecule has 1 nitrogen and oxygen atoms in total. The molecule has 1 aromatic carbocycles. The van der Waals surface area contributed by atoms with E-state index in [2.05, 4.69) is 67.7 Å². The van der Waals surface area contributed by atoms with Crippen molar-refractivity contribution >= 4 is 60.6 Å². The van der Waals surface area contributed by atoms with Crippen LogP contribution in [-0.4, -0.2) is 5.25 Å². The maximum atomic E-state index is 3.69. The molecule has 3 rings (SSSR count). The molecule has 2 aromatic rings. The minimum absolute atomic E-state index is 0.396. The molecule has 1 aromatic heterocycles. The lowest BCUT2D eigenvalue weighted by molar-refractivity contribution is 0.669. The predicted molar refractivity (Wildman–Crippen MR) is 92.5 cm³/mol. The molecule has 0 amide bonds. The van der Waals surface area contributed by atoms with Gasteiger partial charge in [0, 0.05) is 14.2 Å². The van der Waals surface area contributed by atoms with Crippen molar-refractivity contribution in [2.45, 2.75) is 28.8 Å². The fourth-order valence-corrected chi connectivity index (χ4v) is 6.09. The topological polar surface area (TPSA) is 12.0 Å². The first kappa shape index (κ1) is 14.0. The van der Waals surface area contributed by atoms with Crippen molar-refractivity contribution in [1.29, 1.82) is 0 Å². The van der Waals surface area contributed by atoms with Crippen molar-refractivity contribution in [2.24, 2.45) is 0 Å². The van der Waals surface area contributed by atoms with Crippen molar-refractivity contribution in [3.05, 3.63) is 44.2 Å². The number of thioether (sulfide) groups is 1. The second-order valence-electron chi connectivity index (χ2n) is 4.62. The molecule has 100 valence electrons. The van der Waals surface area contributed by atoms with Gasteiger partial charge in [-0.15, -0.1) is 23.1 Å². The Morgan fingerprint density at radius 1 is 1.21 bits per heavy atom. The van der Waals surface area contributed by atoms with E-state index in [1.807, 2.05) is 29.2 Å². The quantitative estimate of drug-likeness (QED) is 0.612. The van der Waals surface area contributed by atoms with Gasteiger partial charge in [0.25, 0.3) is 0 Å². The molecule has 1 aliphatic heterocycles. The number of thiophene rings is 1. The molecular weight excluding hydrogens is 406 g/mol. The van der Waals surface area contributed by atoms with E-state index in [9.17, 15) is 0 Å². The summed E-state index contributed by atoms with van der Waals surface area (Å²) >= 11 is 11.1. The fraction of sp³-hybridized carbons (Fsp3) is 0.286. The first-order valence-electron chi connectivity index (χ1n) is 6.09. The van der Waals surface area contributed by atoms with Crippen molar-refractivity contribution in [3.63, 3.8) is 0 Å².